The molecule has 13 heavy (non-hydrogen) atoms. The molecule has 0 aliphatic heterocycles. The van der Waals surface area contributed by atoms with Crippen LogP contribution in [0.1, 0.15) is 38.3 Å². The molecule has 4 heteroatoms. The molecule has 1 heterocycles. The van der Waals surface area contributed by atoms with Crippen LogP contribution >= 0.6 is 0 Å². The van der Waals surface area contributed by atoms with E-state index in [1.54, 1.807) is 0 Å². The van der Waals surface area contributed by atoms with Crippen molar-refractivity contribution in [3.8, 4) is 0 Å². The van der Waals surface area contributed by atoms with Gasteiger partial charge < -0.3 is 5.73 Å². The topological polar surface area (TPSA) is 56.7 Å². The van der Waals surface area contributed by atoms with E-state index in [9.17, 15) is 0 Å². The molecule has 0 amide bonds. The molecule has 0 fully saturated rings. The molecule has 1 aromatic rings. The minimum absolute atomic E-state index is 0.142. The Kier molecular flexibility index (Phi) is 3.03. The molecule has 1 aromatic heterocycles. The highest BCUT2D eigenvalue weighted by Gasteiger charge is 2.10. The van der Waals surface area contributed by atoms with Gasteiger partial charge in [0.2, 0.25) is 0 Å². The van der Waals surface area contributed by atoms with Crippen LogP contribution in [-0.4, -0.2) is 20.8 Å². The van der Waals surface area contributed by atoms with Gasteiger partial charge in [-0.3, -0.25) is 4.68 Å². The molecule has 0 aromatic carbocycles. The average molecular weight is 182 g/mol. The Morgan fingerprint density at radius 2 is 2.00 bits per heavy atom. The van der Waals surface area contributed by atoms with Gasteiger partial charge in [-0.1, -0.05) is 13.8 Å². The van der Waals surface area contributed by atoms with Crippen LogP contribution in [0.25, 0.3) is 0 Å². The first-order valence-electron chi connectivity index (χ1n) is 4.66. The summed E-state index contributed by atoms with van der Waals surface area (Å²) in [6, 6.07) is 0.142. The van der Waals surface area contributed by atoms with E-state index < -0.39 is 0 Å². The van der Waals surface area contributed by atoms with Gasteiger partial charge >= 0.3 is 0 Å². The van der Waals surface area contributed by atoms with Crippen LogP contribution in [0, 0.1) is 0 Å². The Labute approximate surface area is 79.2 Å². The van der Waals surface area contributed by atoms with E-state index >= 15 is 0 Å². The zero-order valence-electron chi connectivity index (χ0n) is 8.78. The maximum atomic E-state index is 5.70. The summed E-state index contributed by atoms with van der Waals surface area (Å²) in [5, 5.41) is 4.31. The third-order valence-electron chi connectivity index (χ3n) is 1.89. The monoisotopic (exact) mass is 182 g/mol. The second-order valence-corrected chi connectivity index (χ2v) is 3.85. The summed E-state index contributed by atoms with van der Waals surface area (Å²) in [4.78, 5) is 4.42. The predicted octanol–water partition coefficient (Wildman–Crippen LogP) is 0.828. The van der Waals surface area contributed by atoms with Crippen molar-refractivity contribution in [2.24, 2.45) is 12.8 Å². The molecule has 0 spiro atoms. The zero-order valence-corrected chi connectivity index (χ0v) is 8.78. The fraction of sp³-hybridized carbons (Fsp3) is 0.778. The van der Waals surface area contributed by atoms with Crippen molar-refractivity contribution >= 4 is 0 Å². The minimum atomic E-state index is 0.142. The second kappa shape index (κ2) is 3.87. The molecule has 0 aliphatic carbocycles. The van der Waals surface area contributed by atoms with E-state index in [0.29, 0.717) is 5.92 Å². The van der Waals surface area contributed by atoms with Crippen molar-refractivity contribution in [2.45, 2.75) is 39.2 Å². The van der Waals surface area contributed by atoms with E-state index in [-0.39, 0.29) is 6.04 Å². The molecule has 2 N–H and O–H groups in total. The van der Waals surface area contributed by atoms with Crippen LogP contribution in [0.4, 0.5) is 0 Å². The van der Waals surface area contributed by atoms with Gasteiger partial charge in [0.15, 0.2) is 5.82 Å². The van der Waals surface area contributed by atoms with Crippen LogP contribution in [0.3, 0.4) is 0 Å². The van der Waals surface area contributed by atoms with Crippen molar-refractivity contribution in [3.05, 3.63) is 11.6 Å². The molecule has 0 saturated heterocycles. The summed E-state index contributed by atoms with van der Waals surface area (Å²) in [6.07, 6.45) is 0.788. The SMILES string of the molecule is CC(N)Cc1nc(C(C)C)nn1C. The maximum Gasteiger partial charge on any atom is 0.153 e. The molecule has 4 nitrogen and oxygen atoms in total. The third kappa shape index (κ3) is 2.52. The molecule has 74 valence electrons. The van der Waals surface area contributed by atoms with Gasteiger partial charge in [-0.15, -0.1) is 0 Å². The van der Waals surface area contributed by atoms with Crippen LogP contribution in [-0.2, 0) is 13.5 Å². The Morgan fingerprint density at radius 3 is 2.38 bits per heavy atom. The fourth-order valence-corrected chi connectivity index (χ4v) is 1.15. The predicted molar refractivity (Wildman–Crippen MR) is 52.4 cm³/mol. The molecule has 0 aliphatic rings. The highest BCUT2D eigenvalue weighted by molar-refractivity contribution is 4.98. The quantitative estimate of drug-likeness (QED) is 0.753. The molecule has 1 atom stereocenters. The molecule has 0 bridgehead atoms. The molecule has 1 unspecified atom stereocenters. The Balaban J connectivity index is 2.83. The summed E-state index contributed by atoms with van der Waals surface area (Å²) >= 11 is 0. The van der Waals surface area contributed by atoms with Crippen LogP contribution in [0.2, 0.25) is 0 Å². The number of hydrogen-bond donors (Lipinski definition) is 1. The number of aryl methyl sites for hydroxylation is 1. The standard InChI is InChI=1S/C9H18N4/c1-6(2)9-11-8(5-7(3)10)13(4)12-9/h6-7H,5,10H2,1-4H3. The van der Waals surface area contributed by atoms with Crippen molar-refractivity contribution in [2.75, 3.05) is 0 Å². The molecule has 0 saturated carbocycles. The van der Waals surface area contributed by atoms with E-state index in [4.69, 9.17) is 5.73 Å². The van der Waals surface area contributed by atoms with Crippen molar-refractivity contribution in [3.63, 3.8) is 0 Å². The van der Waals surface area contributed by atoms with Gasteiger partial charge in [0.25, 0.3) is 0 Å². The summed E-state index contributed by atoms with van der Waals surface area (Å²) < 4.78 is 1.82. The number of hydrogen-bond acceptors (Lipinski definition) is 3. The smallest absolute Gasteiger partial charge is 0.153 e. The second-order valence-electron chi connectivity index (χ2n) is 3.85. The van der Waals surface area contributed by atoms with Gasteiger partial charge in [-0.05, 0) is 6.92 Å². The normalized spacial score (nSPS) is 13.7. The number of nitrogens with two attached hydrogens (primary N) is 1. The molecule has 0 radical (unpaired) electrons. The highest BCUT2D eigenvalue weighted by atomic mass is 15.3. The lowest BCUT2D eigenvalue weighted by atomic mass is 10.2. The lowest BCUT2D eigenvalue weighted by Gasteiger charge is -2.02. The highest BCUT2D eigenvalue weighted by Crippen LogP contribution is 2.09. The average Bonchev–Trinajstić information content (AvgIpc) is 2.31. The molecular weight excluding hydrogens is 164 g/mol. The largest absolute Gasteiger partial charge is 0.328 e. The maximum absolute atomic E-state index is 5.70. The Bertz CT molecular complexity index is 275. The van der Waals surface area contributed by atoms with Crippen molar-refractivity contribution in [1.82, 2.24) is 14.8 Å². The lowest BCUT2D eigenvalue weighted by molar-refractivity contribution is 0.635. The summed E-state index contributed by atoms with van der Waals surface area (Å²) in [5.74, 6) is 2.25. The number of nitrogens with zero attached hydrogens (tertiary/aromatic N) is 3. The van der Waals surface area contributed by atoms with E-state index in [1.165, 1.54) is 0 Å². The van der Waals surface area contributed by atoms with Crippen LogP contribution in [0.15, 0.2) is 0 Å². The Hall–Kier alpha value is -0.900. The summed E-state index contributed by atoms with van der Waals surface area (Å²) in [6.45, 7) is 6.15. The van der Waals surface area contributed by atoms with Gasteiger partial charge in [0.1, 0.15) is 5.82 Å². The molecular formula is C9H18N4. The summed E-state index contributed by atoms with van der Waals surface area (Å²) in [5.41, 5.74) is 5.70. The number of rotatable bonds is 3. The first-order valence-corrected chi connectivity index (χ1v) is 4.66. The first kappa shape index (κ1) is 10.2. The van der Waals surface area contributed by atoms with Gasteiger partial charge in [0.05, 0.1) is 0 Å². The van der Waals surface area contributed by atoms with Gasteiger partial charge in [-0.2, -0.15) is 5.10 Å². The van der Waals surface area contributed by atoms with Crippen LogP contribution < -0.4 is 5.73 Å². The van der Waals surface area contributed by atoms with Gasteiger partial charge in [0, 0.05) is 25.4 Å². The third-order valence-corrected chi connectivity index (χ3v) is 1.89. The van der Waals surface area contributed by atoms with Crippen molar-refractivity contribution in [1.29, 1.82) is 0 Å². The van der Waals surface area contributed by atoms with Gasteiger partial charge in [-0.25, -0.2) is 4.98 Å². The van der Waals surface area contributed by atoms with E-state index in [1.807, 2.05) is 18.7 Å². The molecule has 1 rings (SSSR count). The van der Waals surface area contributed by atoms with E-state index in [2.05, 4.69) is 23.9 Å². The van der Waals surface area contributed by atoms with Crippen molar-refractivity contribution < 1.29 is 0 Å². The fourth-order valence-electron chi connectivity index (χ4n) is 1.15. The number of aromatic nitrogens is 3. The lowest BCUT2D eigenvalue weighted by Crippen LogP contribution is -2.20. The van der Waals surface area contributed by atoms with E-state index in [0.717, 1.165) is 18.1 Å². The minimum Gasteiger partial charge on any atom is -0.328 e. The summed E-state index contributed by atoms with van der Waals surface area (Å²) in [7, 11) is 1.91. The Morgan fingerprint density at radius 1 is 1.38 bits per heavy atom. The first-order chi connectivity index (χ1) is 6.00. The zero-order chi connectivity index (χ0) is 10.0. The van der Waals surface area contributed by atoms with Crippen LogP contribution in [0.5, 0.6) is 0 Å².